The minimum absolute atomic E-state index is 0.178. The first-order valence-corrected chi connectivity index (χ1v) is 9.35. The van der Waals surface area contributed by atoms with Gasteiger partial charge in [0, 0.05) is 17.3 Å². The summed E-state index contributed by atoms with van der Waals surface area (Å²) in [7, 11) is -3.69. The lowest BCUT2D eigenvalue weighted by atomic mass is 10.1. The van der Waals surface area contributed by atoms with Crippen molar-refractivity contribution in [1.82, 2.24) is 0 Å². The highest BCUT2D eigenvalue weighted by Crippen LogP contribution is 2.32. The monoisotopic (exact) mass is 398 g/mol. The predicted molar refractivity (Wildman–Crippen MR) is 92.4 cm³/mol. The van der Waals surface area contributed by atoms with E-state index in [0.717, 1.165) is 21.9 Å². The molecule has 0 saturated carbocycles. The second-order valence-electron chi connectivity index (χ2n) is 5.11. The number of nitro groups is 1. The number of hydrogen-bond donors (Lipinski definition) is 1. The number of nitrogens with one attached hydrogen (secondary N) is 1. The van der Waals surface area contributed by atoms with E-state index in [2.05, 4.69) is 21.2 Å². The van der Waals surface area contributed by atoms with Crippen molar-refractivity contribution in [2.24, 2.45) is 0 Å². The summed E-state index contributed by atoms with van der Waals surface area (Å²) < 4.78 is 24.4. The van der Waals surface area contributed by atoms with Gasteiger partial charge in [-0.3, -0.25) is 10.1 Å². The maximum Gasteiger partial charge on any atom is 0.310 e. The third-order valence-corrected chi connectivity index (χ3v) is 4.98. The highest BCUT2D eigenvalue weighted by molar-refractivity contribution is 9.10. The first kappa shape index (κ1) is 17.4. The van der Waals surface area contributed by atoms with Crippen LogP contribution >= 0.6 is 15.9 Å². The summed E-state index contributed by atoms with van der Waals surface area (Å²) >= 11 is 3.38. The number of para-hydroxylation sites is 1. The first-order chi connectivity index (χ1) is 10.7. The minimum Gasteiger partial charge on any atom is -0.375 e. The molecule has 0 fully saturated rings. The number of nitrogens with zero attached hydrogens (tertiary/aromatic N) is 1. The number of sulfone groups is 1. The largest absolute Gasteiger partial charge is 0.375 e. The van der Waals surface area contributed by atoms with Crippen LogP contribution in [-0.4, -0.2) is 19.6 Å². The van der Waals surface area contributed by atoms with Gasteiger partial charge >= 0.3 is 5.69 Å². The van der Waals surface area contributed by atoms with Crippen LogP contribution in [0.5, 0.6) is 0 Å². The maximum atomic E-state index is 11.7. The number of benzene rings is 2. The summed E-state index contributed by atoms with van der Waals surface area (Å²) in [5.74, 6) is 0. The fraction of sp³-hybridized carbons (Fsp3) is 0.200. The lowest BCUT2D eigenvalue weighted by Gasteiger charge is -2.11. The Balaban J connectivity index is 2.41. The molecule has 2 aromatic rings. The van der Waals surface area contributed by atoms with E-state index in [-0.39, 0.29) is 10.6 Å². The number of halogens is 1. The average molecular weight is 399 g/mol. The van der Waals surface area contributed by atoms with E-state index in [0.29, 0.717) is 6.54 Å². The molecule has 0 heterocycles. The number of rotatable bonds is 5. The number of hydrogen-bond acceptors (Lipinski definition) is 5. The molecule has 23 heavy (non-hydrogen) atoms. The van der Waals surface area contributed by atoms with E-state index in [9.17, 15) is 18.5 Å². The lowest BCUT2D eigenvalue weighted by molar-refractivity contribution is -0.386. The van der Waals surface area contributed by atoms with Gasteiger partial charge < -0.3 is 5.32 Å². The van der Waals surface area contributed by atoms with Gasteiger partial charge in [-0.05, 0) is 42.3 Å². The molecule has 0 spiro atoms. The van der Waals surface area contributed by atoms with Crippen LogP contribution in [0.15, 0.2) is 45.8 Å². The smallest absolute Gasteiger partial charge is 0.310 e. The van der Waals surface area contributed by atoms with Crippen molar-refractivity contribution in [3.8, 4) is 0 Å². The standard InChI is InChI=1S/C15H15BrN2O4S/c1-10-6-7-12(16)8-11(10)9-17-13-4-3-5-14(23(2,21)22)15(13)18(19)20/h3-8,17H,9H2,1-2H3. The molecule has 1 N–H and O–H groups in total. The molecule has 0 aromatic heterocycles. The van der Waals surface area contributed by atoms with Crippen molar-refractivity contribution < 1.29 is 13.3 Å². The van der Waals surface area contributed by atoms with Crippen LogP contribution in [0.25, 0.3) is 0 Å². The zero-order valence-corrected chi connectivity index (χ0v) is 14.9. The van der Waals surface area contributed by atoms with Gasteiger partial charge in [0.15, 0.2) is 9.84 Å². The summed E-state index contributed by atoms with van der Waals surface area (Å²) in [4.78, 5) is 10.3. The Kier molecular flexibility index (Phi) is 5.06. The van der Waals surface area contributed by atoms with Crippen LogP contribution in [-0.2, 0) is 16.4 Å². The minimum atomic E-state index is -3.69. The van der Waals surface area contributed by atoms with Crippen molar-refractivity contribution in [1.29, 1.82) is 0 Å². The second kappa shape index (κ2) is 6.67. The van der Waals surface area contributed by atoms with Crippen LogP contribution in [0.1, 0.15) is 11.1 Å². The Labute approximate surface area is 142 Å². The molecule has 122 valence electrons. The molecule has 2 aromatic carbocycles. The Hall–Kier alpha value is -1.93. The molecule has 0 amide bonds. The Bertz CT molecular complexity index is 866. The van der Waals surface area contributed by atoms with E-state index in [1.54, 1.807) is 0 Å². The molecule has 2 rings (SSSR count). The Morgan fingerprint density at radius 1 is 1.26 bits per heavy atom. The van der Waals surface area contributed by atoms with Gasteiger partial charge in [0.1, 0.15) is 10.6 Å². The maximum absolute atomic E-state index is 11.7. The number of anilines is 1. The van der Waals surface area contributed by atoms with Crippen molar-refractivity contribution >= 4 is 37.1 Å². The summed E-state index contributed by atoms with van der Waals surface area (Å²) in [6.07, 6.45) is 0.956. The predicted octanol–water partition coefficient (Wildman–Crippen LogP) is 3.68. The molecule has 0 aliphatic heterocycles. The van der Waals surface area contributed by atoms with Gasteiger partial charge in [-0.1, -0.05) is 28.1 Å². The fourth-order valence-corrected chi connectivity index (χ4v) is 3.44. The Morgan fingerprint density at radius 3 is 2.57 bits per heavy atom. The van der Waals surface area contributed by atoms with Crippen LogP contribution in [0.2, 0.25) is 0 Å². The van der Waals surface area contributed by atoms with Gasteiger partial charge in [0.05, 0.1) is 4.92 Å². The molecular weight excluding hydrogens is 384 g/mol. The van der Waals surface area contributed by atoms with Gasteiger partial charge in [0.25, 0.3) is 0 Å². The topological polar surface area (TPSA) is 89.3 Å². The van der Waals surface area contributed by atoms with Crippen LogP contribution in [0, 0.1) is 17.0 Å². The van der Waals surface area contributed by atoms with E-state index in [1.165, 1.54) is 18.2 Å². The zero-order chi connectivity index (χ0) is 17.2. The van der Waals surface area contributed by atoms with Crippen molar-refractivity contribution in [2.45, 2.75) is 18.4 Å². The SMILES string of the molecule is Cc1ccc(Br)cc1CNc1cccc(S(C)(=O)=O)c1[N+](=O)[O-]. The molecule has 0 saturated heterocycles. The van der Waals surface area contributed by atoms with E-state index >= 15 is 0 Å². The molecule has 0 atom stereocenters. The third kappa shape index (κ3) is 4.08. The second-order valence-corrected chi connectivity index (χ2v) is 8.01. The quantitative estimate of drug-likeness (QED) is 0.612. The van der Waals surface area contributed by atoms with Crippen molar-refractivity contribution in [3.63, 3.8) is 0 Å². The molecule has 0 aliphatic rings. The normalized spacial score (nSPS) is 11.3. The first-order valence-electron chi connectivity index (χ1n) is 6.66. The van der Waals surface area contributed by atoms with E-state index in [1.807, 2.05) is 25.1 Å². The van der Waals surface area contributed by atoms with Gasteiger partial charge in [-0.2, -0.15) is 0 Å². The molecule has 0 unspecified atom stereocenters. The molecule has 0 radical (unpaired) electrons. The fourth-order valence-electron chi connectivity index (χ4n) is 2.17. The third-order valence-electron chi connectivity index (χ3n) is 3.36. The summed E-state index contributed by atoms with van der Waals surface area (Å²) in [6, 6.07) is 9.98. The van der Waals surface area contributed by atoms with Crippen LogP contribution in [0.3, 0.4) is 0 Å². The highest BCUT2D eigenvalue weighted by Gasteiger charge is 2.25. The van der Waals surface area contributed by atoms with Crippen LogP contribution in [0.4, 0.5) is 11.4 Å². The zero-order valence-electron chi connectivity index (χ0n) is 12.5. The van der Waals surface area contributed by atoms with Gasteiger partial charge in [0.2, 0.25) is 0 Å². The summed E-state index contributed by atoms with van der Waals surface area (Å²) in [5.41, 5.74) is 1.74. The number of nitro benzene ring substituents is 1. The van der Waals surface area contributed by atoms with Crippen molar-refractivity contribution in [2.75, 3.05) is 11.6 Å². The van der Waals surface area contributed by atoms with Crippen LogP contribution < -0.4 is 5.32 Å². The molecule has 8 heteroatoms. The van der Waals surface area contributed by atoms with E-state index in [4.69, 9.17) is 0 Å². The lowest BCUT2D eigenvalue weighted by Crippen LogP contribution is -2.08. The van der Waals surface area contributed by atoms with Gasteiger partial charge in [-0.25, -0.2) is 8.42 Å². The van der Waals surface area contributed by atoms with Gasteiger partial charge in [-0.15, -0.1) is 0 Å². The molecule has 0 bridgehead atoms. The molecule has 6 nitrogen and oxygen atoms in total. The molecular formula is C15H15BrN2O4S. The summed E-state index contributed by atoms with van der Waals surface area (Å²) in [5, 5.41) is 14.3. The number of aryl methyl sites for hydroxylation is 1. The molecule has 0 aliphatic carbocycles. The average Bonchev–Trinajstić information content (AvgIpc) is 2.46. The van der Waals surface area contributed by atoms with Crippen molar-refractivity contribution in [3.05, 3.63) is 62.1 Å². The summed E-state index contributed by atoms with van der Waals surface area (Å²) in [6.45, 7) is 2.28. The van der Waals surface area contributed by atoms with E-state index < -0.39 is 20.4 Å². The highest BCUT2D eigenvalue weighted by atomic mass is 79.9. The Morgan fingerprint density at radius 2 is 1.96 bits per heavy atom.